The smallest absolute Gasteiger partial charge is 0.103 e. The zero-order valence-electron chi connectivity index (χ0n) is 8.91. The molecule has 1 fully saturated rings. The fourth-order valence-corrected chi connectivity index (χ4v) is 1.96. The Labute approximate surface area is 90.3 Å². The largest absolute Gasteiger partial charge is 0.392 e. The molecule has 1 aromatic carbocycles. The van der Waals surface area contributed by atoms with Gasteiger partial charge in [-0.1, -0.05) is 18.2 Å². The second kappa shape index (κ2) is 5.26. The van der Waals surface area contributed by atoms with Crippen molar-refractivity contribution >= 4 is 0 Å². The van der Waals surface area contributed by atoms with Gasteiger partial charge in [0.1, 0.15) is 19.6 Å². The summed E-state index contributed by atoms with van der Waals surface area (Å²) in [5, 5.41) is 9.04. The molecule has 3 nitrogen and oxygen atoms in total. The topological polar surface area (TPSA) is 33.9 Å². The van der Waals surface area contributed by atoms with E-state index < -0.39 is 0 Å². The van der Waals surface area contributed by atoms with Crippen LogP contribution in [0.4, 0.5) is 0 Å². The van der Waals surface area contributed by atoms with E-state index in [1.807, 2.05) is 12.1 Å². The molecule has 0 radical (unpaired) electrons. The monoisotopic (exact) mass is 208 g/mol. The molecule has 1 heterocycles. The number of ether oxygens (including phenoxy) is 1. The second-order valence-electron chi connectivity index (χ2n) is 4.02. The molecule has 82 valence electrons. The van der Waals surface area contributed by atoms with E-state index in [2.05, 4.69) is 12.1 Å². The molecule has 1 saturated heterocycles. The Balaban J connectivity index is 1.96. The van der Waals surface area contributed by atoms with Crippen LogP contribution in [-0.4, -0.2) is 31.4 Å². The number of morpholine rings is 1. The summed E-state index contributed by atoms with van der Waals surface area (Å²) in [4.78, 5) is 1.57. The fourth-order valence-electron chi connectivity index (χ4n) is 1.96. The van der Waals surface area contributed by atoms with Gasteiger partial charge in [-0.05, 0) is 11.6 Å². The molecule has 1 aliphatic heterocycles. The van der Waals surface area contributed by atoms with Gasteiger partial charge in [0.05, 0.1) is 19.8 Å². The number of quaternary nitrogens is 1. The Kier molecular flexibility index (Phi) is 3.72. The molecule has 1 aromatic rings. The Morgan fingerprint density at radius 2 is 1.93 bits per heavy atom. The van der Waals surface area contributed by atoms with E-state index in [1.165, 1.54) is 5.56 Å². The van der Waals surface area contributed by atoms with Gasteiger partial charge >= 0.3 is 0 Å². The van der Waals surface area contributed by atoms with Crippen molar-refractivity contribution in [2.24, 2.45) is 0 Å². The molecular formula is C12H18NO2+. The summed E-state index contributed by atoms with van der Waals surface area (Å²) in [6, 6.07) is 8.18. The minimum absolute atomic E-state index is 0.131. The summed E-state index contributed by atoms with van der Waals surface area (Å²) < 4.78 is 5.32. The number of rotatable bonds is 3. The van der Waals surface area contributed by atoms with Gasteiger partial charge in [-0.2, -0.15) is 0 Å². The number of nitrogens with one attached hydrogen (secondary N) is 1. The Morgan fingerprint density at radius 3 is 2.67 bits per heavy atom. The van der Waals surface area contributed by atoms with Crippen LogP contribution < -0.4 is 4.90 Å². The summed E-state index contributed by atoms with van der Waals surface area (Å²) in [7, 11) is 0. The third-order valence-electron chi connectivity index (χ3n) is 2.83. The summed E-state index contributed by atoms with van der Waals surface area (Å²) >= 11 is 0. The number of aliphatic hydroxyl groups excluding tert-OH is 1. The van der Waals surface area contributed by atoms with Crippen LogP contribution in [0.5, 0.6) is 0 Å². The van der Waals surface area contributed by atoms with Gasteiger partial charge in [0, 0.05) is 5.56 Å². The van der Waals surface area contributed by atoms with Crippen molar-refractivity contribution in [3.63, 3.8) is 0 Å². The van der Waals surface area contributed by atoms with E-state index in [9.17, 15) is 0 Å². The van der Waals surface area contributed by atoms with Gasteiger partial charge in [-0.3, -0.25) is 0 Å². The first-order valence-electron chi connectivity index (χ1n) is 5.48. The van der Waals surface area contributed by atoms with Gasteiger partial charge in [0.15, 0.2) is 0 Å². The number of hydrogen-bond acceptors (Lipinski definition) is 2. The van der Waals surface area contributed by atoms with Gasteiger partial charge in [0.2, 0.25) is 0 Å². The highest BCUT2D eigenvalue weighted by molar-refractivity contribution is 5.22. The molecule has 2 N–H and O–H groups in total. The molecule has 0 aliphatic carbocycles. The minimum atomic E-state index is 0.131. The SMILES string of the molecule is OCc1cccc(C[NH+]2CCOCC2)c1. The lowest BCUT2D eigenvalue weighted by Gasteiger charge is -2.23. The zero-order chi connectivity index (χ0) is 10.5. The number of benzene rings is 1. The quantitative estimate of drug-likeness (QED) is 0.708. The lowest BCUT2D eigenvalue weighted by atomic mass is 10.1. The molecule has 0 spiro atoms. The molecule has 0 atom stereocenters. The zero-order valence-corrected chi connectivity index (χ0v) is 8.91. The predicted molar refractivity (Wildman–Crippen MR) is 57.6 cm³/mol. The Hall–Kier alpha value is -0.900. The van der Waals surface area contributed by atoms with E-state index in [1.54, 1.807) is 4.90 Å². The van der Waals surface area contributed by atoms with E-state index in [-0.39, 0.29) is 6.61 Å². The van der Waals surface area contributed by atoms with Crippen LogP contribution in [-0.2, 0) is 17.9 Å². The summed E-state index contributed by atoms with van der Waals surface area (Å²) in [6.45, 7) is 5.08. The number of aliphatic hydroxyl groups is 1. The van der Waals surface area contributed by atoms with E-state index >= 15 is 0 Å². The first-order chi connectivity index (χ1) is 7.38. The van der Waals surface area contributed by atoms with Crippen LogP contribution in [0.15, 0.2) is 24.3 Å². The molecule has 0 saturated carbocycles. The first-order valence-corrected chi connectivity index (χ1v) is 5.48. The average molecular weight is 208 g/mol. The molecular weight excluding hydrogens is 190 g/mol. The van der Waals surface area contributed by atoms with Gasteiger partial charge in [-0.25, -0.2) is 0 Å². The Bertz CT molecular complexity index is 308. The molecule has 0 aromatic heterocycles. The third-order valence-corrected chi connectivity index (χ3v) is 2.83. The van der Waals surface area contributed by atoms with Gasteiger partial charge in [-0.15, -0.1) is 0 Å². The van der Waals surface area contributed by atoms with Crippen molar-refractivity contribution < 1.29 is 14.7 Å². The summed E-state index contributed by atoms with van der Waals surface area (Å²) in [6.07, 6.45) is 0. The van der Waals surface area contributed by atoms with E-state index in [0.717, 1.165) is 38.4 Å². The maximum absolute atomic E-state index is 9.04. The maximum atomic E-state index is 9.04. The van der Waals surface area contributed by atoms with Crippen LogP contribution in [0.25, 0.3) is 0 Å². The molecule has 0 bridgehead atoms. The van der Waals surface area contributed by atoms with Crippen LogP contribution >= 0.6 is 0 Å². The molecule has 2 rings (SSSR count). The normalized spacial score (nSPS) is 17.9. The van der Waals surface area contributed by atoms with Gasteiger partial charge in [0.25, 0.3) is 0 Å². The second-order valence-corrected chi connectivity index (χ2v) is 4.02. The fraction of sp³-hybridized carbons (Fsp3) is 0.500. The third kappa shape index (κ3) is 3.02. The molecule has 15 heavy (non-hydrogen) atoms. The lowest BCUT2D eigenvalue weighted by molar-refractivity contribution is -0.921. The highest BCUT2D eigenvalue weighted by Crippen LogP contribution is 2.03. The van der Waals surface area contributed by atoms with Crippen molar-refractivity contribution in [2.45, 2.75) is 13.2 Å². The molecule has 3 heteroatoms. The van der Waals surface area contributed by atoms with E-state index in [0.29, 0.717) is 0 Å². The molecule has 0 unspecified atom stereocenters. The van der Waals surface area contributed by atoms with Crippen LogP contribution in [0, 0.1) is 0 Å². The van der Waals surface area contributed by atoms with Crippen molar-refractivity contribution in [3.8, 4) is 0 Å². The van der Waals surface area contributed by atoms with Gasteiger partial charge < -0.3 is 14.7 Å². The maximum Gasteiger partial charge on any atom is 0.103 e. The summed E-state index contributed by atoms with van der Waals surface area (Å²) in [5.41, 5.74) is 2.30. The van der Waals surface area contributed by atoms with E-state index in [4.69, 9.17) is 9.84 Å². The van der Waals surface area contributed by atoms with Crippen molar-refractivity contribution in [2.75, 3.05) is 26.3 Å². The average Bonchev–Trinajstić information content (AvgIpc) is 2.31. The number of hydrogen-bond donors (Lipinski definition) is 2. The van der Waals surface area contributed by atoms with Crippen LogP contribution in [0.3, 0.4) is 0 Å². The highest BCUT2D eigenvalue weighted by atomic mass is 16.5. The first kappa shape index (κ1) is 10.6. The predicted octanol–water partition coefficient (Wildman–Crippen LogP) is -0.406. The van der Waals surface area contributed by atoms with Crippen molar-refractivity contribution in [1.82, 2.24) is 0 Å². The van der Waals surface area contributed by atoms with Crippen molar-refractivity contribution in [3.05, 3.63) is 35.4 Å². The lowest BCUT2D eigenvalue weighted by Crippen LogP contribution is -3.12. The molecule has 0 amide bonds. The summed E-state index contributed by atoms with van der Waals surface area (Å²) in [5.74, 6) is 0. The standard InChI is InChI=1S/C12H17NO2/c14-10-12-3-1-2-11(8-12)9-13-4-6-15-7-5-13/h1-3,8,14H,4-7,9-10H2/p+1. The Morgan fingerprint density at radius 1 is 1.20 bits per heavy atom. The van der Waals surface area contributed by atoms with Crippen LogP contribution in [0.2, 0.25) is 0 Å². The molecule has 1 aliphatic rings. The minimum Gasteiger partial charge on any atom is -0.392 e. The van der Waals surface area contributed by atoms with Crippen molar-refractivity contribution in [1.29, 1.82) is 0 Å². The highest BCUT2D eigenvalue weighted by Gasteiger charge is 2.13. The van der Waals surface area contributed by atoms with Crippen LogP contribution in [0.1, 0.15) is 11.1 Å².